The van der Waals surface area contributed by atoms with E-state index in [-0.39, 0.29) is 17.8 Å². The van der Waals surface area contributed by atoms with E-state index in [1.54, 1.807) is 37.1 Å². The third-order valence-corrected chi connectivity index (χ3v) is 3.68. The molecular weight excluding hydrogens is 264 g/mol. The maximum atomic E-state index is 11.7. The summed E-state index contributed by atoms with van der Waals surface area (Å²) in [5, 5.41) is 11.8. The lowest BCUT2D eigenvalue weighted by Crippen LogP contribution is -2.14. The molecule has 5 nitrogen and oxygen atoms in total. The number of nitrogens with one attached hydrogen (secondary N) is 1. The number of nitrogen functional groups attached to an aromatic ring is 1. The molecule has 19 heavy (non-hydrogen) atoms. The van der Waals surface area contributed by atoms with Gasteiger partial charge in [-0.1, -0.05) is 6.92 Å². The minimum absolute atomic E-state index is 0.0884. The number of anilines is 2. The molecule has 4 N–H and O–H groups in total. The van der Waals surface area contributed by atoms with E-state index in [9.17, 15) is 4.79 Å². The molecule has 0 spiro atoms. The van der Waals surface area contributed by atoms with Crippen molar-refractivity contribution >= 4 is 29.0 Å². The Morgan fingerprint density at radius 1 is 1.58 bits per heavy atom. The van der Waals surface area contributed by atoms with Crippen LogP contribution in [0.5, 0.6) is 5.75 Å². The van der Waals surface area contributed by atoms with Crippen molar-refractivity contribution in [2.24, 2.45) is 0 Å². The molecule has 0 heterocycles. The van der Waals surface area contributed by atoms with Crippen LogP contribution < -0.4 is 15.8 Å². The van der Waals surface area contributed by atoms with Gasteiger partial charge in [0.1, 0.15) is 5.75 Å². The van der Waals surface area contributed by atoms with Crippen LogP contribution in [0.25, 0.3) is 0 Å². The largest absolute Gasteiger partial charge is 0.497 e. The van der Waals surface area contributed by atoms with Crippen LogP contribution in [0.3, 0.4) is 0 Å². The Balaban J connectivity index is 2.44. The lowest BCUT2D eigenvalue weighted by molar-refractivity contribution is -0.115. The smallest absolute Gasteiger partial charge is 0.225 e. The topological polar surface area (TPSA) is 84.6 Å². The van der Waals surface area contributed by atoms with Gasteiger partial charge >= 0.3 is 0 Å². The first-order chi connectivity index (χ1) is 9.06. The highest BCUT2D eigenvalue weighted by atomic mass is 32.2. The Hall–Kier alpha value is -1.40. The van der Waals surface area contributed by atoms with Gasteiger partial charge in [0.25, 0.3) is 0 Å². The molecule has 1 aromatic carbocycles. The highest BCUT2D eigenvalue weighted by Gasteiger charge is 2.07. The summed E-state index contributed by atoms with van der Waals surface area (Å²) < 4.78 is 5.04. The van der Waals surface area contributed by atoms with E-state index in [1.807, 2.05) is 6.92 Å². The molecule has 0 radical (unpaired) electrons. The summed E-state index contributed by atoms with van der Waals surface area (Å²) in [6.07, 6.45) is 0.389. The highest BCUT2D eigenvalue weighted by molar-refractivity contribution is 7.99. The quantitative estimate of drug-likeness (QED) is 0.664. The van der Waals surface area contributed by atoms with Gasteiger partial charge in [0.15, 0.2) is 0 Å². The second-order valence-corrected chi connectivity index (χ2v) is 5.66. The van der Waals surface area contributed by atoms with Crippen LogP contribution in [-0.4, -0.2) is 35.7 Å². The maximum absolute atomic E-state index is 11.7. The molecule has 0 bridgehead atoms. The zero-order chi connectivity index (χ0) is 14.3. The summed E-state index contributed by atoms with van der Waals surface area (Å²) in [5.74, 6) is 1.24. The van der Waals surface area contributed by atoms with Crippen LogP contribution >= 0.6 is 11.8 Å². The van der Waals surface area contributed by atoms with Crippen molar-refractivity contribution in [2.45, 2.75) is 18.6 Å². The highest BCUT2D eigenvalue weighted by Crippen LogP contribution is 2.24. The van der Waals surface area contributed by atoms with E-state index >= 15 is 0 Å². The third kappa shape index (κ3) is 5.40. The number of carbonyl (C=O) groups is 1. The Labute approximate surface area is 117 Å². The van der Waals surface area contributed by atoms with Crippen molar-refractivity contribution in [3.8, 4) is 5.75 Å². The fourth-order valence-corrected chi connectivity index (χ4v) is 2.21. The third-order valence-electron chi connectivity index (χ3n) is 2.52. The minimum atomic E-state index is -0.0884. The van der Waals surface area contributed by atoms with Crippen molar-refractivity contribution in [2.75, 3.05) is 30.5 Å². The second kappa shape index (κ2) is 7.91. The monoisotopic (exact) mass is 284 g/mol. The van der Waals surface area contributed by atoms with Crippen LogP contribution in [0.1, 0.15) is 13.3 Å². The van der Waals surface area contributed by atoms with Crippen LogP contribution in [0.4, 0.5) is 11.4 Å². The van der Waals surface area contributed by atoms with Gasteiger partial charge in [0.2, 0.25) is 5.91 Å². The van der Waals surface area contributed by atoms with Gasteiger partial charge < -0.3 is 20.9 Å². The van der Waals surface area contributed by atoms with Crippen molar-refractivity contribution in [3.63, 3.8) is 0 Å². The number of aliphatic hydroxyl groups excluding tert-OH is 1. The van der Waals surface area contributed by atoms with Crippen molar-refractivity contribution < 1.29 is 14.6 Å². The predicted octanol–water partition coefficient (Wildman–Crippen LogP) is 1.72. The number of methoxy groups -OCH3 is 1. The van der Waals surface area contributed by atoms with E-state index < -0.39 is 0 Å². The molecule has 0 fully saturated rings. The second-order valence-electron chi connectivity index (χ2n) is 4.12. The van der Waals surface area contributed by atoms with Gasteiger partial charge in [0, 0.05) is 23.5 Å². The Bertz CT molecular complexity index is 426. The number of ether oxygens (including phenoxy) is 1. The molecule has 6 heteroatoms. The van der Waals surface area contributed by atoms with Gasteiger partial charge in [-0.25, -0.2) is 0 Å². The number of amides is 1. The number of aliphatic hydroxyl groups is 1. The number of rotatable bonds is 7. The predicted molar refractivity (Wildman–Crippen MR) is 79.7 cm³/mol. The van der Waals surface area contributed by atoms with Gasteiger partial charge in [0.05, 0.1) is 25.1 Å². The molecule has 1 atom stereocenters. The summed E-state index contributed by atoms with van der Waals surface area (Å²) in [4.78, 5) is 11.7. The van der Waals surface area contributed by atoms with Crippen LogP contribution in [0.15, 0.2) is 18.2 Å². The number of thioether (sulfide) groups is 1. The zero-order valence-electron chi connectivity index (χ0n) is 11.2. The Morgan fingerprint density at radius 3 is 2.89 bits per heavy atom. The van der Waals surface area contributed by atoms with Gasteiger partial charge in [-0.3, -0.25) is 4.79 Å². The molecule has 0 saturated carbocycles. The number of nitrogens with two attached hydrogens (primary N) is 1. The lowest BCUT2D eigenvalue weighted by Gasteiger charge is -2.10. The van der Waals surface area contributed by atoms with E-state index in [0.29, 0.717) is 29.3 Å². The summed E-state index contributed by atoms with van der Waals surface area (Å²) in [5.41, 5.74) is 6.88. The summed E-state index contributed by atoms with van der Waals surface area (Å²) in [6.45, 7) is 2.04. The van der Waals surface area contributed by atoms with Crippen molar-refractivity contribution in [1.82, 2.24) is 0 Å². The van der Waals surface area contributed by atoms with E-state index in [0.717, 1.165) is 0 Å². The molecule has 1 rings (SSSR count). The SMILES string of the molecule is COc1ccc(NC(=O)CCSC(C)CO)c(N)c1. The van der Waals surface area contributed by atoms with E-state index in [2.05, 4.69) is 5.32 Å². The number of benzene rings is 1. The number of carbonyl (C=O) groups excluding carboxylic acids is 1. The van der Waals surface area contributed by atoms with Crippen LogP contribution in [0.2, 0.25) is 0 Å². The van der Waals surface area contributed by atoms with E-state index in [1.165, 1.54) is 0 Å². The minimum Gasteiger partial charge on any atom is -0.497 e. The molecular formula is C13H20N2O3S. The average Bonchev–Trinajstić information content (AvgIpc) is 2.40. The van der Waals surface area contributed by atoms with E-state index in [4.69, 9.17) is 15.6 Å². The normalized spacial score (nSPS) is 11.9. The molecule has 0 aliphatic carbocycles. The van der Waals surface area contributed by atoms with Gasteiger partial charge in [-0.05, 0) is 12.1 Å². The standard InChI is InChI=1S/C13H20N2O3S/c1-9(8-16)19-6-5-13(17)15-12-4-3-10(18-2)7-11(12)14/h3-4,7,9,16H,5-6,8,14H2,1-2H3,(H,15,17). The Morgan fingerprint density at radius 2 is 2.32 bits per heavy atom. The summed E-state index contributed by atoms with van der Waals surface area (Å²) >= 11 is 1.56. The van der Waals surface area contributed by atoms with Crippen molar-refractivity contribution in [3.05, 3.63) is 18.2 Å². The first kappa shape index (κ1) is 15.7. The average molecular weight is 284 g/mol. The van der Waals surface area contributed by atoms with Gasteiger partial charge in [-0.15, -0.1) is 0 Å². The molecule has 0 saturated heterocycles. The van der Waals surface area contributed by atoms with Crippen molar-refractivity contribution in [1.29, 1.82) is 0 Å². The molecule has 1 aromatic rings. The summed E-state index contributed by atoms with van der Waals surface area (Å²) in [6, 6.07) is 5.13. The zero-order valence-corrected chi connectivity index (χ0v) is 12.0. The first-order valence-electron chi connectivity index (χ1n) is 6.02. The molecule has 1 amide bonds. The Kier molecular flexibility index (Phi) is 6.52. The van der Waals surface area contributed by atoms with Crippen LogP contribution in [-0.2, 0) is 4.79 Å². The molecule has 0 aliphatic heterocycles. The first-order valence-corrected chi connectivity index (χ1v) is 7.07. The van der Waals surface area contributed by atoms with Crippen LogP contribution in [0, 0.1) is 0 Å². The fourth-order valence-electron chi connectivity index (χ4n) is 1.40. The maximum Gasteiger partial charge on any atom is 0.225 e. The number of hydrogen-bond acceptors (Lipinski definition) is 5. The lowest BCUT2D eigenvalue weighted by atomic mass is 10.2. The molecule has 1 unspecified atom stereocenters. The summed E-state index contributed by atoms with van der Waals surface area (Å²) in [7, 11) is 1.56. The fraction of sp³-hybridized carbons (Fsp3) is 0.462. The molecule has 106 valence electrons. The molecule has 0 aromatic heterocycles. The number of hydrogen-bond donors (Lipinski definition) is 3. The molecule has 0 aliphatic rings. The van der Waals surface area contributed by atoms with Gasteiger partial charge in [-0.2, -0.15) is 11.8 Å².